The van der Waals surface area contributed by atoms with Crippen molar-refractivity contribution in [3.8, 4) is 5.75 Å². The van der Waals surface area contributed by atoms with E-state index in [9.17, 15) is 4.79 Å². The van der Waals surface area contributed by atoms with Crippen LogP contribution in [0.4, 0.5) is 0 Å². The lowest BCUT2D eigenvalue weighted by atomic mass is 9.92. The number of benzene rings is 2. The molecule has 0 aliphatic rings. The van der Waals surface area contributed by atoms with Crippen LogP contribution in [0.3, 0.4) is 0 Å². The first-order chi connectivity index (χ1) is 10.9. The molecule has 0 fully saturated rings. The Hall–Kier alpha value is -2.04. The smallest absolute Gasteiger partial charge is 0.246 e. The molecule has 0 bridgehead atoms. The number of hydrogen-bond donors (Lipinski definition) is 1. The number of amides is 1. The van der Waals surface area contributed by atoms with Gasteiger partial charge in [-0.2, -0.15) is 0 Å². The minimum atomic E-state index is -1.04. The van der Waals surface area contributed by atoms with Crippen molar-refractivity contribution in [1.29, 1.82) is 0 Å². The van der Waals surface area contributed by atoms with Crippen molar-refractivity contribution in [3.63, 3.8) is 0 Å². The van der Waals surface area contributed by atoms with Crippen molar-refractivity contribution in [2.45, 2.75) is 19.4 Å². The van der Waals surface area contributed by atoms with Gasteiger partial charge in [0, 0.05) is 7.05 Å². The van der Waals surface area contributed by atoms with Crippen LogP contribution < -0.4 is 10.5 Å². The Morgan fingerprint density at radius 1 is 1.12 bits per heavy atom. The molecule has 24 heavy (non-hydrogen) atoms. The second-order valence-corrected chi connectivity index (χ2v) is 5.91. The highest BCUT2D eigenvalue weighted by molar-refractivity contribution is 5.86. The Morgan fingerprint density at radius 2 is 1.71 bits per heavy atom. The molecule has 1 unspecified atom stereocenters. The highest BCUT2D eigenvalue weighted by Crippen LogP contribution is 2.20. The Kier molecular flexibility index (Phi) is 7.26. The summed E-state index contributed by atoms with van der Waals surface area (Å²) in [4.78, 5) is 14.2. The van der Waals surface area contributed by atoms with Crippen LogP contribution >= 0.6 is 12.4 Å². The van der Waals surface area contributed by atoms with Gasteiger partial charge in [-0.3, -0.25) is 4.79 Å². The minimum absolute atomic E-state index is 0. The van der Waals surface area contributed by atoms with Gasteiger partial charge in [0.1, 0.15) is 17.9 Å². The second kappa shape index (κ2) is 8.71. The summed E-state index contributed by atoms with van der Waals surface area (Å²) in [6, 6.07) is 17.2. The SMILES string of the molecule is Cc1ccccc1OCCN(C)C(=O)C(C)(N)c1ccccc1.Cl. The highest BCUT2D eigenvalue weighted by atomic mass is 35.5. The molecule has 0 aliphatic heterocycles. The molecule has 2 rings (SSSR count). The maximum absolute atomic E-state index is 12.6. The molecule has 2 aromatic carbocycles. The molecule has 0 saturated heterocycles. The molecule has 1 amide bonds. The largest absolute Gasteiger partial charge is 0.491 e. The van der Waals surface area contributed by atoms with Crippen LogP contribution in [-0.2, 0) is 10.3 Å². The molecule has 0 heterocycles. The van der Waals surface area contributed by atoms with Crippen LogP contribution in [0.1, 0.15) is 18.1 Å². The summed E-state index contributed by atoms with van der Waals surface area (Å²) in [5, 5.41) is 0. The first kappa shape index (κ1) is 20.0. The third kappa shape index (κ3) is 4.73. The predicted octanol–water partition coefficient (Wildman–Crippen LogP) is 3.13. The number of aryl methyl sites for hydroxylation is 1. The van der Waals surface area contributed by atoms with Crippen molar-refractivity contribution in [1.82, 2.24) is 4.90 Å². The third-order valence-electron chi connectivity index (χ3n) is 3.94. The normalized spacial score (nSPS) is 12.7. The summed E-state index contributed by atoms with van der Waals surface area (Å²) in [7, 11) is 1.75. The van der Waals surface area contributed by atoms with E-state index in [-0.39, 0.29) is 18.3 Å². The van der Waals surface area contributed by atoms with Crippen LogP contribution in [0.5, 0.6) is 5.75 Å². The predicted molar refractivity (Wildman–Crippen MR) is 99.5 cm³/mol. The van der Waals surface area contributed by atoms with Gasteiger partial charge >= 0.3 is 0 Å². The topological polar surface area (TPSA) is 55.6 Å². The summed E-state index contributed by atoms with van der Waals surface area (Å²) in [5.74, 6) is 0.712. The average molecular weight is 349 g/mol. The molecule has 5 heteroatoms. The standard InChI is InChI=1S/C19H24N2O2.ClH/c1-15-9-7-8-12-17(15)23-14-13-21(3)18(22)19(2,20)16-10-5-4-6-11-16;/h4-12H,13-14,20H2,1-3H3;1H. The monoisotopic (exact) mass is 348 g/mol. The Balaban J connectivity index is 0.00000288. The first-order valence-corrected chi connectivity index (χ1v) is 7.71. The van der Waals surface area contributed by atoms with E-state index in [1.54, 1.807) is 18.9 Å². The summed E-state index contributed by atoms with van der Waals surface area (Å²) >= 11 is 0. The molecule has 130 valence electrons. The molecule has 0 spiro atoms. The molecule has 0 saturated carbocycles. The lowest BCUT2D eigenvalue weighted by molar-refractivity contribution is -0.135. The molecule has 2 aromatic rings. The number of ether oxygens (including phenoxy) is 1. The summed E-state index contributed by atoms with van der Waals surface area (Å²) in [6.07, 6.45) is 0. The van der Waals surface area contributed by atoms with Crippen LogP contribution in [0.2, 0.25) is 0 Å². The van der Waals surface area contributed by atoms with E-state index in [1.807, 2.05) is 61.5 Å². The molecular formula is C19H25ClN2O2. The zero-order chi connectivity index (χ0) is 16.9. The van der Waals surface area contributed by atoms with Crippen LogP contribution in [0, 0.1) is 6.92 Å². The zero-order valence-electron chi connectivity index (χ0n) is 14.4. The van der Waals surface area contributed by atoms with Gasteiger partial charge in [-0.15, -0.1) is 12.4 Å². The Morgan fingerprint density at radius 3 is 2.33 bits per heavy atom. The number of nitrogens with zero attached hydrogens (tertiary/aromatic N) is 1. The summed E-state index contributed by atoms with van der Waals surface area (Å²) in [5.41, 5.74) is 7.10. The number of carbonyl (C=O) groups excluding carboxylic acids is 1. The molecular weight excluding hydrogens is 324 g/mol. The van der Waals surface area contributed by atoms with Crippen molar-refractivity contribution in [2.75, 3.05) is 20.2 Å². The van der Waals surface area contributed by atoms with E-state index in [0.717, 1.165) is 16.9 Å². The van der Waals surface area contributed by atoms with E-state index in [1.165, 1.54) is 0 Å². The van der Waals surface area contributed by atoms with Gasteiger partial charge in [0.2, 0.25) is 5.91 Å². The quantitative estimate of drug-likeness (QED) is 0.872. The average Bonchev–Trinajstić information content (AvgIpc) is 2.56. The number of carbonyl (C=O) groups is 1. The number of hydrogen-bond acceptors (Lipinski definition) is 3. The van der Waals surface area contributed by atoms with Gasteiger partial charge in [-0.1, -0.05) is 48.5 Å². The Bertz CT molecular complexity index is 659. The molecule has 2 N–H and O–H groups in total. The second-order valence-electron chi connectivity index (χ2n) is 5.91. The fourth-order valence-corrected chi connectivity index (χ4v) is 2.42. The molecule has 0 radical (unpaired) electrons. The van der Waals surface area contributed by atoms with Gasteiger partial charge in [-0.05, 0) is 31.0 Å². The van der Waals surface area contributed by atoms with Crippen LogP contribution in [0.15, 0.2) is 54.6 Å². The first-order valence-electron chi connectivity index (χ1n) is 7.71. The number of halogens is 1. The number of para-hydroxylation sites is 1. The molecule has 4 nitrogen and oxygen atoms in total. The summed E-state index contributed by atoms with van der Waals surface area (Å²) in [6.45, 7) is 4.64. The fraction of sp³-hybridized carbons (Fsp3) is 0.316. The van der Waals surface area contributed by atoms with Crippen molar-refractivity contribution < 1.29 is 9.53 Å². The third-order valence-corrected chi connectivity index (χ3v) is 3.94. The van der Waals surface area contributed by atoms with Gasteiger partial charge < -0.3 is 15.4 Å². The lowest BCUT2D eigenvalue weighted by Gasteiger charge is -2.29. The molecule has 0 aromatic heterocycles. The van der Waals surface area contributed by atoms with Crippen molar-refractivity contribution in [3.05, 3.63) is 65.7 Å². The van der Waals surface area contributed by atoms with E-state index < -0.39 is 5.54 Å². The van der Waals surface area contributed by atoms with Gasteiger partial charge in [0.15, 0.2) is 0 Å². The van der Waals surface area contributed by atoms with Crippen LogP contribution in [-0.4, -0.2) is 31.0 Å². The summed E-state index contributed by atoms with van der Waals surface area (Å²) < 4.78 is 5.74. The van der Waals surface area contributed by atoms with Crippen molar-refractivity contribution >= 4 is 18.3 Å². The number of rotatable bonds is 6. The maximum Gasteiger partial charge on any atom is 0.246 e. The molecule has 0 aliphatic carbocycles. The zero-order valence-corrected chi connectivity index (χ0v) is 15.2. The van der Waals surface area contributed by atoms with E-state index in [4.69, 9.17) is 10.5 Å². The van der Waals surface area contributed by atoms with Gasteiger partial charge in [0.25, 0.3) is 0 Å². The Labute approximate surface area is 150 Å². The van der Waals surface area contributed by atoms with E-state index in [2.05, 4.69) is 0 Å². The highest BCUT2D eigenvalue weighted by Gasteiger charge is 2.32. The fourth-order valence-electron chi connectivity index (χ4n) is 2.42. The van der Waals surface area contributed by atoms with E-state index in [0.29, 0.717) is 13.2 Å². The van der Waals surface area contributed by atoms with Gasteiger partial charge in [0.05, 0.1) is 6.54 Å². The lowest BCUT2D eigenvalue weighted by Crippen LogP contribution is -2.50. The number of likely N-dealkylation sites (N-methyl/N-ethyl adjacent to an activating group) is 1. The maximum atomic E-state index is 12.6. The van der Waals surface area contributed by atoms with Gasteiger partial charge in [-0.25, -0.2) is 0 Å². The van der Waals surface area contributed by atoms with E-state index >= 15 is 0 Å². The minimum Gasteiger partial charge on any atom is -0.491 e. The van der Waals surface area contributed by atoms with Crippen molar-refractivity contribution in [2.24, 2.45) is 5.73 Å². The number of nitrogens with two attached hydrogens (primary N) is 1. The molecule has 1 atom stereocenters. The van der Waals surface area contributed by atoms with Crippen LogP contribution in [0.25, 0.3) is 0 Å².